The zero-order chi connectivity index (χ0) is 26.6. The molecule has 1 aliphatic carbocycles. The van der Waals surface area contributed by atoms with E-state index in [2.05, 4.69) is 29.2 Å². The Morgan fingerprint density at radius 3 is 2.44 bits per heavy atom. The van der Waals surface area contributed by atoms with Crippen molar-refractivity contribution in [1.82, 2.24) is 4.90 Å². The third-order valence-electron chi connectivity index (χ3n) is 7.71. The lowest BCUT2D eigenvalue weighted by molar-refractivity contribution is 0.0696. The lowest BCUT2D eigenvalue weighted by atomic mass is 9.86. The zero-order valence-corrected chi connectivity index (χ0v) is 23.7. The van der Waals surface area contributed by atoms with Crippen LogP contribution in [0.5, 0.6) is 0 Å². The number of aryl methyl sites for hydroxylation is 1. The molecule has 0 saturated carbocycles. The molecule has 0 spiro atoms. The molecule has 1 saturated heterocycles. The van der Waals surface area contributed by atoms with E-state index in [1.165, 1.54) is 17.3 Å². The highest BCUT2D eigenvalue weighted by Gasteiger charge is 2.27. The minimum absolute atomic E-state index is 0. The van der Waals surface area contributed by atoms with Gasteiger partial charge >= 0.3 is 5.97 Å². The Balaban J connectivity index is 0.00000353. The van der Waals surface area contributed by atoms with Crippen molar-refractivity contribution >= 4 is 41.3 Å². The number of nitrogens with zero attached hydrogens (tertiary/aromatic N) is 1. The minimum Gasteiger partial charge on any atom is -0.478 e. The van der Waals surface area contributed by atoms with E-state index in [1.807, 2.05) is 24.5 Å². The lowest BCUT2D eigenvalue weighted by Gasteiger charge is -2.39. The van der Waals surface area contributed by atoms with Gasteiger partial charge in [-0.3, -0.25) is 4.39 Å². The van der Waals surface area contributed by atoms with E-state index in [0.717, 1.165) is 71.6 Å². The highest BCUT2D eigenvalue weighted by molar-refractivity contribution is 7.98. The SMILES string of the molecule is CSc1ccc(C2=C(c3ccc(CC4CN(CCCF)C4)cc3)c3ccc(C(=O)O)cc3CCC2)c(F)c1.Cl. The Morgan fingerprint density at radius 2 is 1.77 bits per heavy atom. The Labute approximate surface area is 239 Å². The van der Waals surface area contributed by atoms with Gasteiger partial charge in [0.1, 0.15) is 5.82 Å². The smallest absolute Gasteiger partial charge is 0.335 e. The topological polar surface area (TPSA) is 40.5 Å². The van der Waals surface area contributed by atoms with Gasteiger partial charge in [-0.1, -0.05) is 36.4 Å². The number of alkyl halides is 1. The summed E-state index contributed by atoms with van der Waals surface area (Å²) in [5.41, 5.74) is 7.08. The molecule has 1 N–H and O–H groups in total. The van der Waals surface area contributed by atoms with Gasteiger partial charge in [-0.2, -0.15) is 0 Å². The second-order valence-electron chi connectivity index (χ2n) is 10.3. The Morgan fingerprint density at radius 1 is 1.03 bits per heavy atom. The van der Waals surface area contributed by atoms with Crippen LogP contribution in [0, 0.1) is 11.7 Å². The molecule has 0 atom stereocenters. The van der Waals surface area contributed by atoms with Crippen LogP contribution in [0.15, 0.2) is 65.6 Å². The molecule has 0 unspecified atom stereocenters. The van der Waals surface area contributed by atoms with Crippen LogP contribution in [0.1, 0.15) is 57.4 Å². The highest BCUT2D eigenvalue weighted by Crippen LogP contribution is 2.41. The van der Waals surface area contributed by atoms with E-state index in [0.29, 0.717) is 24.3 Å². The fourth-order valence-corrected chi connectivity index (χ4v) is 6.23. The van der Waals surface area contributed by atoms with Gasteiger partial charge < -0.3 is 10.0 Å². The van der Waals surface area contributed by atoms with Gasteiger partial charge in [0.15, 0.2) is 0 Å². The molecule has 0 aromatic heterocycles. The number of carbonyl (C=O) groups is 1. The summed E-state index contributed by atoms with van der Waals surface area (Å²) >= 11 is 1.52. The van der Waals surface area contributed by atoms with E-state index in [-0.39, 0.29) is 30.5 Å². The molecule has 1 aliphatic heterocycles. The first-order valence-corrected chi connectivity index (χ1v) is 14.5. The molecule has 0 bridgehead atoms. The summed E-state index contributed by atoms with van der Waals surface area (Å²) in [6, 6.07) is 19.3. The second-order valence-corrected chi connectivity index (χ2v) is 11.2. The van der Waals surface area contributed by atoms with Crippen molar-refractivity contribution in [2.75, 3.05) is 32.6 Å². The largest absolute Gasteiger partial charge is 0.478 e. The van der Waals surface area contributed by atoms with Crippen LogP contribution in [-0.2, 0) is 12.8 Å². The van der Waals surface area contributed by atoms with Gasteiger partial charge in [-0.15, -0.1) is 24.2 Å². The summed E-state index contributed by atoms with van der Waals surface area (Å²) in [6.07, 6.45) is 5.80. The van der Waals surface area contributed by atoms with Crippen molar-refractivity contribution in [3.8, 4) is 0 Å². The molecule has 3 aromatic rings. The number of benzene rings is 3. The molecule has 5 rings (SSSR count). The summed E-state index contributed by atoms with van der Waals surface area (Å²) in [7, 11) is 0. The first-order valence-electron chi connectivity index (χ1n) is 13.3. The second kappa shape index (κ2) is 13.1. The van der Waals surface area contributed by atoms with Crippen LogP contribution in [-0.4, -0.2) is 48.5 Å². The molecular weight excluding hydrogens is 536 g/mol. The van der Waals surface area contributed by atoms with Crippen LogP contribution in [0.3, 0.4) is 0 Å². The van der Waals surface area contributed by atoms with Crippen molar-refractivity contribution in [3.63, 3.8) is 0 Å². The maximum atomic E-state index is 15.4. The molecular formula is C32H34ClF2NO2S. The third-order valence-corrected chi connectivity index (χ3v) is 8.43. The van der Waals surface area contributed by atoms with Gasteiger partial charge in [0, 0.05) is 30.1 Å². The maximum absolute atomic E-state index is 15.4. The maximum Gasteiger partial charge on any atom is 0.335 e. The summed E-state index contributed by atoms with van der Waals surface area (Å²) in [5, 5.41) is 9.56. The monoisotopic (exact) mass is 569 g/mol. The molecule has 3 aromatic carbocycles. The third kappa shape index (κ3) is 6.56. The summed E-state index contributed by atoms with van der Waals surface area (Å²) in [5.74, 6) is -0.577. The van der Waals surface area contributed by atoms with Crippen molar-refractivity contribution in [1.29, 1.82) is 0 Å². The number of aromatic carboxylic acids is 1. The molecule has 0 radical (unpaired) electrons. The number of thioether (sulfide) groups is 1. The van der Waals surface area contributed by atoms with Crippen LogP contribution < -0.4 is 0 Å². The number of rotatable bonds is 9. The van der Waals surface area contributed by atoms with E-state index >= 15 is 4.39 Å². The molecule has 206 valence electrons. The Hall–Kier alpha value is -2.67. The number of allylic oxidation sites excluding steroid dienone is 1. The summed E-state index contributed by atoms with van der Waals surface area (Å²) in [4.78, 5) is 14.9. The van der Waals surface area contributed by atoms with Crippen molar-refractivity contribution < 1.29 is 18.7 Å². The molecule has 0 amide bonds. The number of hydrogen-bond donors (Lipinski definition) is 1. The van der Waals surface area contributed by atoms with Crippen LogP contribution >= 0.6 is 24.2 Å². The minimum atomic E-state index is -0.940. The number of carboxylic acid groups (broad SMARTS) is 1. The number of halogens is 3. The predicted octanol–water partition coefficient (Wildman–Crippen LogP) is 7.80. The fourth-order valence-electron chi connectivity index (χ4n) is 5.80. The fraction of sp³-hybridized carbons (Fsp3) is 0.344. The van der Waals surface area contributed by atoms with Gasteiger partial charge in [-0.25, -0.2) is 9.18 Å². The van der Waals surface area contributed by atoms with Crippen molar-refractivity contribution in [3.05, 3.63) is 99.9 Å². The summed E-state index contributed by atoms with van der Waals surface area (Å²) in [6.45, 7) is 2.61. The average Bonchev–Trinajstić information content (AvgIpc) is 3.09. The standard InChI is InChI=1S/C32H33F2NO2S.ClH/c1-38-26-11-13-28(30(34)18-26)29-5-2-4-24-17-25(32(36)37)10-12-27(24)31(29)23-8-6-21(7-9-23)16-22-19-35(20-22)15-3-14-33;/h6-13,17-18,22H,2-5,14-16,19-20H2,1H3,(H,36,37);1H. The molecule has 1 heterocycles. The van der Waals surface area contributed by atoms with Gasteiger partial charge in [0.2, 0.25) is 0 Å². The molecule has 3 nitrogen and oxygen atoms in total. The van der Waals surface area contributed by atoms with Gasteiger partial charge in [-0.05, 0) is 102 Å². The van der Waals surface area contributed by atoms with E-state index in [9.17, 15) is 14.3 Å². The van der Waals surface area contributed by atoms with E-state index in [1.54, 1.807) is 18.2 Å². The number of carboxylic acids is 1. The molecule has 39 heavy (non-hydrogen) atoms. The van der Waals surface area contributed by atoms with Crippen LogP contribution in [0.2, 0.25) is 0 Å². The van der Waals surface area contributed by atoms with Gasteiger partial charge in [0.25, 0.3) is 0 Å². The summed E-state index contributed by atoms with van der Waals surface area (Å²) < 4.78 is 27.8. The quantitative estimate of drug-likeness (QED) is 0.267. The molecule has 2 aliphatic rings. The number of hydrogen-bond acceptors (Lipinski definition) is 3. The normalized spacial score (nSPS) is 15.8. The number of fused-ring (bicyclic) bond motifs is 1. The van der Waals surface area contributed by atoms with Crippen LogP contribution in [0.4, 0.5) is 8.78 Å². The highest BCUT2D eigenvalue weighted by atomic mass is 35.5. The van der Waals surface area contributed by atoms with E-state index < -0.39 is 5.97 Å². The Kier molecular flexibility index (Phi) is 9.86. The zero-order valence-electron chi connectivity index (χ0n) is 22.1. The van der Waals surface area contributed by atoms with Crippen LogP contribution in [0.25, 0.3) is 11.1 Å². The average molecular weight is 570 g/mol. The molecule has 1 fully saturated rings. The van der Waals surface area contributed by atoms with Crippen molar-refractivity contribution in [2.24, 2.45) is 5.92 Å². The Bertz CT molecular complexity index is 1350. The van der Waals surface area contributed by atoms with Gasteiger partial charge in [0.05, 0.1) is 12.2 Å². The van der Waals surface area contributed by atoms with E-state index in [4.69, 9.17) is 0 Å². The first kappa shape index (κ1) is 29.3. The lowest BCUT2D eigenvalue weighted by Crippen LogP contribution is -2.47. The van der Waals surface area contributed by atoms with Crippen molar-refractivity contribution in [2.45, 2.75) is 37.0 Å². The molecule has 7 heteroatoms. The number of likely N-dealkylation sites (tertiary alicyclic amines) is 1. The first-order chi connectivity index (χ1) is 18.5. The predicted molar refractivity (Wildman–Crippen MR) is 158 cm³/mol.